The average molecular weight is 467 g/mol. The molecule has 1 aliphatic heterocycles. The smallest absolute Gasteiger partial charge is 0.193 e. The third-order valence-corrected chi connectivity index (χ3v) is 4.94. The van der Waals surface area contributed by atoms with Crippen LogP contribution >= 0.6 is 24.0 Å². The molecule has 1 aromatic carbocycles. The quantitative estimate of drug-likeness (QED) is 0.418. The predicted molar refractivity (Wildman–Crippen MR) is 119 cm³/mol. The van der Waals surface area contributed by atoms with Gasteiger partial charge in [0.15, 0.2) is 5.96 Å². The Labute approximate surface area is 174 Å². The molecule has 0 radical (unpaired) electrons. The Kier molecular flexibility index (Phi) is 7.96. The second kappa shape index (κ2) is 9.97. The molecule has 1 N–H and O–H groups in total. The van der Waals surface area contributed by atoms with Crippen molar-refractivity contribution in [3.63, 3.8) is 0 Å². The minimum absolute atomic E-state index is 0. The lowest BCUT2D eigenvalue weighted by Crippen LogP contribution is -2.43. The molecule has 2 aromatic rings. The summed E-state index contributed by atoms with van der Waals surface area (Å²) in [6, 6.07) is 13.0. The van der Waals surface area contributed by atoms with E-state index in [-0.39, 0.29) is 24.0 Å². The molecule has 0 saturated carbocycles. The zero-order valence-electron chi connectivity index (χ0n) is 16.0. The summed E-state index contributed by atoms with van der Waals surface area (Å²) in [4.78, 5) is 9.10. The summed E-state index contributed by atoms with van der Waals surface area (Å²) in [5.41, 5.74) is 4.25. The zero-order valence-corrected chi connectivity index (χ0v) is 18.3. The van der Waals surface area contributed by atoms with Gasteiger partial charge in [-0.25, -0.2) is 0 Å². The van der Waals surface area contributed by atoms with Crippen molar-refractivity contribution >= 4 is 29.9 Å². The summed E-state index contributed by atoms with van der Waals surface area (Å²) in [7, 11) is 6.01. The van der Waals surface area contributed by atoms with E-state index in [0.29, 0.717) is 0 Å². The molecule has 5 nitrogen and oxygen atoms in total. The van der Waals surface area contributed by atoms with E-state index in [4.69, 9.17) is 0 Å². The maximum atomic E-state index is 4.42. The van der Waals surface area contributed by atoms with Crippen molar-refractivity contribution in [1.29, 1.82) is 0 Å². The molecular formula is C20H30IN5. The van der Waals surface area contributed by atoms with Crippen LogP contribution in [0.25, 0.3) is 0 Å². The number of nitrogens with zero attached hydrogens (tertiary/aromatic N) is 4. The standard InChI is InChI=1S/C20H29N5.HI/c1-21-20(24(3)16-19-9-6-12-23(19)2)22-11-14-25-13-10-17-7-4-5-8-18(17)15-25;/h4-9,12H,10-11,13-16H2,1-3H3,(H,21,22);1H. The van der Waals surface area contributed by atoms with Crippen LogP contribution in [0, 0.1) is 0 Å². The Morgan fingerprint density at radius 1 is 1.19 bits per heavy atom. The molecular weight excluding hydrogens is 437 g/mol. The van der Waals surface area contributed by atoms with Crippen LogP contribution in [0.3, 0.4) is 0 Å². The molecule has 2 heterocycles. The van der Waals surface area contributed by atoms with Gasteiger partial charge in [-0.15, -0.1) is 24.0 Å². The van der Waals surface area contributed by atoms with Crippen LogP contribution in [0.2, 0.25) is 0 Å². The van der Waals surface area contributed by atoms with E-state index < -0.39 is 0 Å². The maximum absolute atomic E-state index is 4.42. The fourth-order valence-electron chi connectivity index (χ4n) is 3.43. The highest BCUT2D eigenvalue weighted by molar-refractivity contribution is 14.0. The highest BCUT2D eigenvalue weighted by atomic mass is 127. The first-order valence-electron chi connectivity index (χ1n) is 8.98. The third-order valence-electron chi connectivity index (χ3n) is 4.94. The van der Waals surface area contributed by atoms with Crippen LogP contribution in [-0.4, -0.2) is 54.1 Å². The number of aromatic nitrogens is 1. The average Bonchev–Trinajstić information content (AvgIpc) is 3.03. The zero-order chi connectivity index (χ0) is 17.6. The van der Waals surface area contributed by atoms with Crippen molar-refractivity contribution in [2.45, 2.75) is 19.5 Å². The number of halogens is 1. The van der Waals surface area contributed by atoms with Crippen LogP contribution in [0.1, 0.15) is 16.8 Å². The van der Waals surface area contributed by atoms with Crippen LogP contribution in [-0.2, 0) is 26.6 Å². The Hall–Kier alpha value is -1.54. The van der Waals surface area contributed by atoms with Gasteiger partial charge in [0.05, 0.1) is 6.54 Å². The number of nitrogens with one attached hydrogen (secondary N) is 1. The van der Waals surface area contributed by atoms with Gasteiger partial charge in [-0.2, -0.15) is 0 Å². The van der Waals surface area contributed by atoms with E-state index in [9.17, 15) is 0 Å². The molecule has 1 aliphatic rings. The Balaban J connectivity index is 0.00000243. The number of aliphatic imine (C=N–C) groups is 1. The topological polar surface area (TPSA) is 35.8 Å². The molecule has 1 aromatic heterocycles. The summed E-state index contributed by atoms with van der Waals surface area (Å²) in [6.45, 7) is 4.98. The molecule has 142 valence electrons. The number of rotatable bonds is 5. The van der Waals surface area contributed by atoms with Gasteiger partial charge in [0.1, 0.15) is 0 Å². The molecule has 0 unspecified atom stereocenters. The SMILES string of the molecule is CN=C(NCCN1CCc2ccccc2C1)N(C)Cc1cccn1C.I. The molecule has 6 heteroatoms. The van der Waals surface area contributed by atoms with E-state index in [1.165, 1.54) is 16.8 Å². The van der Waals surface area contributed by atoms with Gasteiger partial charge < -0.3 is 14.8 Å². The Morgan fingerprint density at radius 2 is 1.96 bits per heavy atom. The number of hydrogen-bond acceptors (Lipinski definition) is 2. The molecule has 0 aliphatic carbocycles. The molecule has 0 atom stereocenters. The van der Waals surface area contributed by atoms with Crippen LogP contribution < -0.4 is 5.32 Å². The van der Waals surface area contributed by atoms with Gasteiger partial charge >= 0.3 is 0 Å². The first kappa shape index (κ1) is 20.8. The van der Waals surface area contributed by atoms with Crippen LogP contribution in [0.5, 0.6) is 0 Å². The van der Waals surface area contributed by atoms with E-state index in [2.05, 4.69) is 81.4 Å². The lowest BCUT2D eigenvalue weighted by atomic mass is 10.00. The summed E-state index contributed by atoms with van der Waals surface area (Å²) in [5, 5.41) is 3.50. The van der Waals surface area contributed by atoms with Crippen molar-refractivity contribution in [2.75, 3.05) is 33.7 Å². The van der Waals surface area contributed by atoms with E-state index in [1.54, 1.807) is 0 Å². The number of hydrogen-bond donors (Lipinski definition) is 1. The highest BCUT2D eigenvalue weighted by Crippen LogP contribution is 2.17. The second-order valence-electron chi connectivity index (χ2n) is 6.74. The van der Waals surface area contributed by atoms with Crippen molar-refractivity contribution in [3.8, 4) is 0 Å². The van der Waals surface area contributed by atoms with Crippen LogP contribution in [0.4, 0.5) is 0 Å². The van der Waals surface area contributed by atoms with Gasteiger partial charge in [-0.1, -0.05) is 24.3 Å². The van der Waals surface area contributed by atoms with Crippen molar-refractivity contribution < 1.29 is 0 Å². The summed E-state index contributed by atoms with van der Waals surface area (Å²) in [6.07, 6.45) is 3.23. The Morgan fingerprint density at radius 3 is 2.65 bits per heavy atom. The lowest BCUT2D eigenvalue weighted by Gasteiger charge is -2.29. The molecule has 3 rings (SSSR count). The Bertz CT molecular complexity index is 724. The molecule has 0 amide bonds. The summed E-state index contributed by atoms with van der Waals surface area (Å²) < 4.78 is 2.15. The van der Waals surface area contributed by atoms with E-state index in [0.717, 1.165) is 45.1 Å². The maximum Gasteiger partial charge on any atom is 0.193 e. The number of fused-ring (bicyclic) bond motifs is 1. The molecule has 26 heavy (non-hydrogen) atoms. The molecule has 0 spiro atoms. The van der Waals surface area contributed by atoms with Gasteiger partial charge in [-0.3, -0.25) is 9.89 Å². The summed E-state index contributed by atoms with van der Waals surface area (Å²) >= 11 is 0. The summed E-state index contributed by atoms with van der Waals surface area (Å²) in [5.74, 6) is 0.943. The van der Waals surface area contributed by atoms with Crippen LogP contribution in [0.15, 0.2) is 47.6 Å². The second-order valence-corrected chi connectivity index (χ2v) is 6.74. The number of guanidine groups is 1. The first-order valence-corrected chi connectivity index (χ1v) is 8.98. The van der Waals surface area contributed by atoms with E-state index in [1.807, 2.05) is 7.05 Å². The fraction of sp³-hybridized carbons (Fsp3) is 0.450. The molecule has 0 fully saturated rings. The number of aryl methyl sites for hydroxylation is 1. The largest absolute Gasteiger partial charge is 0.355 e. The normalized spacial score (nSPS) is 14.5. The van der Waals surface area contributed by atoms with Crippen molar-refractivity contribution in [1.82, 2.24) is 19.7 Å². The molecule has 0 bridgehead atoms. The van der Waals surface area contributed by atoms with E-state index >= 15 is 0 Å². The monoisotopic (exact) mass is 467 g/mol. The first-order chi connectivity index (χ1) is 12.2. The minimum Gasteiger partial charge on any atom is -0.355 e. The fourth-order valence-corrected chi connectivity index (χ4v) is 3.43. The van der Waals surface area contributed by atoms with Gasteiger partial charge in [0.25, 0.3) is 0 Å². The predicted octanol–water partition coefficient (Wildman–Crippen LogP) is 2.71. The van der Waals surface area contributed by atoms with Gasteiger partial charge in [0.2, 0.25) is 0 Å². The van der Waals surface area contributed by atoms with Crippen molar-refractivity contribution in [2.24, 2.45) is 12.0 Å². The van der Waals surface area contributed by atoms with Crippen molar-refractivity contribution in [3.05, 3.63) is 59.4 Å². The molecule has 0 saturated heterocycles. The van der Waals surface area contributed by atoms with Gasteiger partial charge in [0, 0.05) is 59.2 Å². The third kappa shape index (κ3) is 5.23. The highest BCUT2D eigenvalue weighted by Gasteiger charge is 2.15. The lowest BCUT2D eigenvalue weighted by molar-refractivity contribution is 0.257. The van der Waals surface area contributed by atoms with Gasteiger partial charge in [-0.05, 0) is 29.7 Å². The number of benzene rings is 1. The minimum atomic E-state index is 0.